The zero-order valence-electron chi connectivity index (χ0n) is 17.1. The fraction of sp³-hybridized carbons (Fsp3) is 0.0833. The summed E-state index contributed by atoms with van der Waals surface area (Å²) < 4.78 is 23.5. The molecule has 4 rings (SSSR count). The van der Waals surface area contributed by atoms with Crippen LogP contribution in [0.1, 0.15) is 22.0 Å². The standard InChI is InChI=1S/C24H22N4O3S/c25-22(16-28(32(30)31)23-7-3-5-17-4-1-2-6-21(17)23)18-8-10-19(11-9-18)24(29)27-20-12-14-26-15-13-20/h1-15,22H,16,25H2,(H,30,31)(H,26,27,29). The molecule has 0 aliphatic carbocycles. The second kappa shape index (κ2) is 9.69. The lowest BCUT2D eigenvalue weighted by Gasteiger charge is -2.25. The number of carbonyl (C=O) groups excluding carboxylic acids is 1. The van der Waals surface area contributed by atoms with Crippen LogP contribution < -0.4 is 15.4 Å². The number of pyridine rings is 1. The van der Waals surface area contributed by atoms with Crippen LogP contribution in [0.3, 0.4) is 0 Å². The predicted molar refractivity (Wildman–Crippen MR) is 128 cm³/mol. The Bertz CT molecular complexity index is 1240. The fourth-order valence-electron chi connectivity index (χ4n) is 3.48. The maximum Gasteiger partial charge on any atom is 0.261 e. The van der Waals surface area contributed by atoms with Gasteiger partial charge in [0.1, 0.15) is 0 Å². The molecule has 1 aromatic heterocycles. The quantitative estimate of drug-likeness (QED) is 0.370. The molecule has 0 saturated carbocycles. The molecule has 32 heavy (non-hydrogen) atoms. The summed E-state index contributed by atoms with van der Waals surface area (Å²) in [5.74, 6) is -0.245. The highest BCUT2D eigenvalue weighted by molar-refractivity contribution is 7.80. The Morgan fingerprint density at radius 1 is 1.00 bits per heavy atom. The summed E-state index contributed by atoms with van der Waals surface area (Å²) in [7, 11) is 0. The van der Waals surface area contributed by atoms with Gasteiger partial charge in [-0.1, -0.05) is 48.5 Å². The summed E-state index contributed by atoms with van der Waals surface area (Å²) in [6, 6.07) is 23.0. The molecule has 0 aliphatic heterocycles. The number of fused-ring (bicyclic) bond motifs is 1. The van der Waals surface area contributed by atoms with Gasteiger partial charge < -0.3 is 11.1 Å². The number of nitrogens with two attached hydrogens (primary N) is 1. The van der Waals surface area contributed by atoms with Crippen LogP contribution in [0.25, 0.3) is 10.8 Å². The Balaban J connectivity index is 1.51. The molecule has 4 aromatic rings. The van der Waals surface area contributed by atoms with E-state index in [1.807, 2.05) is 36.4 Å². The molecular formula is C24H22N4O3S. The number of aromatic nitrogens is 1. The molecule has 8 heteroatoms. The zero-order chi connectivity index (χ0) is 22.5. The minimum atomic E-state index is -2.25. The van der Waals surface area contributed by atoms with E-state index in [2.05, 4.69) is 10.3 Å². The summed E-state index contributed by atoms with van der Waals surface area (Å²) in [6.07, 6.45) is 3.20. The first-order chi connectivity index (χ1) is 15.5. The molecule has 1 amide bonds. The van der Waals surface area contributed by atoms with Crippen molar-refractivity contribution in [2.45, 2.75) is 6.04 Å². The number of hydrogen-bond acceptors (Lipinski definition) is 4. The van der Waals surface area contributed by atoms with Gasteiger partial charge in [0.25, 0.3) is 17.2 Å². The summed E-state index contributed by atoms with van der Waals surface area (Å²) in [5.41, 5.74) is 8.89. The van der Waals surface area contributed by atoms with Gasteiger partial charge in [0, 0.05) is 35.1 Å². The predicted octanol–water partition coefficient (Wildman–Crippen LogP) is 4.13. The van der Waals surface area contributed by atoms with Crippen molar-refractivity contribution in [1.82, 2.24) is 4.98 Å². The highest BCUT2D eigenvalue weighted by atomic mass is 32.2. The molecule has 1 heterocycles. The maximum atomic E-state index is 12.4. The minimum absolute atomic E-state index is 0.125. The molecule has 0 bridgehead atoms. The third kappa shape index (κ3) is 4.83. The van der Waals surface area contributed by atoms with E-state index in [9.17, 15) is 13.6 Å². The monoisotopic (exact) mass is 446 g/mol. The van der Waals surface area contributed by atoms with Gasteiger partial charge in [-0.3, -0.25) is 18.6 Å². The number of amides is 1. The average molecular weight is 447 g/mol. The van der Waals surface area contributed by atoms with Gasteiger partial charge in [-0.05, 0) is 41.3 Å². The van der Waals surface area contributed by atoms with Crippen LogP contribution in [0.4, 0.5) is 11.4 Å². The molecule has 0 radical (unpaired) electrons. The molecular weight excluding hydrogens is 424 g/mol. The first-order valence-corrected chi connectivity index (χ1v) is 11.0. The van der Waals surface area contributed by atoms with E-state index < -0.39 is 17.3 Å². The van der Waals surface area contributed by atoms with Crippen LogP contribution in [0.5, 0.6) is 0 Å². The molecule has 4 N–H and O–H groups in total. The highest BCUT2D eigenvalue weighted by Gasteiger charge is 2.20. The topological polar surface area (TPSA) is 109 Å². The summed E-state index contributed by atoms with van der Waals surface area (Å²) in [5, 5.41) is 4.64. The lowest BCUT2D eigenvalue weighted by Crippen LogP contribution is -2.33. The van der Waals surface area contributed by atoms with Gasteiger partial charge in [-0.25, -0.2) is 4.21 Å². The van der Waals surface area contributed by atoms with Crippen molar-refractivity contribution in [2.75, 3.05) is 16.2 Å². The molecule has 162 valence electrons. The molecule has 7 nitrogen and oxygen atoms in total. The lowest BCUT2D eigenvalue weighted by atomic mass is 10.0. The van der Waals surface area contributed by atoms with Crippen LogP contribution in [0.15, 0.2) is 91.3 Å². The largest absolute Gasteiger partial charge is 0.322 e. The van der Waals surface area contributed by atoms with Crippen molar-refractivity contribution >= 4 is 39.3 Å². The second-order valence-corrected chi connectivity index (χ2v) is 8.11. The number of benzene rings is 3. The van der Waals surface area contributed by atoms with Crippen LogP contribution in [-0.4, -0.2) is 26.2 Å². The Morgan fingerprint density at radius 3 is 2.41 bits per heavy atom. The Labute approximate surface area is 188 Å². The van der Waals surface area contributed by atoms with E-state index in [-0.39, 0.29) is 12.5 Å². The van der Waals surface area contributed by atoms with Gasteiger partial charge in [-0.15, -0.1) is 0 Å². The minimum Gasteiger partial charge on any atom is -0.322 e. The molecule has 0 spiro atoms. The number of nitrogens with zero attached hydrogens (tertiary/aromatic N) is 2. The van der Waals surface area contributed by atoms with E-state index >= 15 is 0 Å². The Kier molecular flexibility index (Phi) is 6.55. The summed E-state index contributed by atoms with van der Waals surface area (Å²) in [4.78, 5) is 16.3. The second-order valence-electron chi connectivity index (χ2n) is 7.21. The third-order valence-electron chi connectivity index (χ3n) is 5.13. The molecule has 3 aromatic carbocycles. The fourth-order valence-corrected chi connectivity index (χ4v) is 4.09. The number of hydrogen-bond donors (Lipinski definition) is 3. The normalized spacial score (nSPS) is 12.8. The SMILES string of the molecule is NC(CN(c1cccc2ccccc12)S(=O)O)c1ccc(C(=O)Nc2ccncc2)cc1. The molecule has 2 unspecified atom stereocenters. The van der Waals surface area contributed by atoms with Gasteiger partial charge >= 0.3 is 0 Å². The van der Waals surface area contributed by atoms with E-state index in [4.69, 9.17) is 5.73 Å². The van der Waals surface area contributed by atoms with E-state index in [1.165, 1.54) is 4.31 Å². The number of rotatable bonds is 7. The number of carbonyl (C=O) groups is 1. The van der Waals surface area contributed by atoms with Crippen molar-refractivity contribution in [2.24, 2.45) is 5.73 Å². The first-order valence-electron chi connectivity index (χ1n) is 9.96. The van der Waals surface area contributed by atoms with E-state index in [1.54, 1.807) is 54.9 Å². The average Bonchev–Trinajstić information content (AvgIpc) is 2.82. The number of nitrogens with one attached hydrogen (secondary N) is 1. The van der Waals surface area contributed by atoms with Crippen molar-refractivity contribution in [3.05, 3.63) is 102 Å². The zero-order valence-corrected chi connectivity index (χ0v) is 17.9. The first kappa shape index (κ1) is 21.6. The summed E-state index contributed by atoms with van der Waals surface area (Å²) in [6.45, 7) is 0.125. The van der Waals surface area contributed by atoms with E-state index in [0.717, 1.165) is 16.3 Å². The van der Waals surface area contributed by atoms with Crippen molar-refractivity contribution < 1.29 is 13.6 Å². The molecule has 2 atom stereocenters. The Hall–Kier alpha value is -3.59. The maximum absolute atomic E-state index is 12.4. The van der Waals surface area contributed by atoms with Gasteiger partial charge in [0.15, 0.2) is 0 Å². The molecule has 0 aliphatic rings. The van der Waals surface area contributed by atoms with Crippen LogP contribution in [-0.2, 0) is 11.3 Å². The van der Waals surface area contributed by atoms with Gasteiger partial charge in [0.2, 0.25) is 0 Å². The number of anilines is 2. The smallest absolute Gasteiger partial charge is 0.261 e. The summed E-state index contributed by atoms with van der Waals surface area (Å²) >= 11 is -2.25. The van der Waals surface area contributed by atoms with Crippen molar-refractivity contribution in [1.29, 1.82) is 0 Å². The van der Waals surface area contributed by atoms with Crippen LogP contribution in [0.2, 0.25) is 0 Å². The lowest BCUT2D eigenvalue weighted by molar-refractivity contribution is 0.102. The highest BCUT2D eigenvalue weighted by Crippen LogP contribution is 2.29. The van der Waals surface area contributed by atoms with E-state index in [0.29, 0.717) is 16.9 Å². The molecule has 0 saturated heterocycles. The Morgan fingerprint density at radius 2 is 1.69 bits per heavy atom. The van der Waals surface area contributed by atoms with Crippen LogP contribution in [0, 0.1) is 0 Å². The van der Waals surface area contributed by atoms with Crippen LogP contribution >= 0.6 is 0 Å². The van der Waals surface area contributed by atoms with Crippen molar-refractivity contribution in [3.8, 4) is 0 Å². The van der Waals surface area contributed by atoms with Gasteiger partial charge in [-0.2, -0.15) is 0 Å². The van der Waals surface area contributed by atoms with Gasteiger partial charge in [0.05, 0.1) is 12.2 Å². The van der Waals surface area contributed by atoms with Crippen molar-refractivity contribution in [3.63, 3.8) is 0 Å². The third-order valence-corrected chi connectivity index (χ3v) is 5.85. The molecule has 0 fully saturated rings.